The molecule has 30 heavy (non-hydrogen) atoms. The van der Waals surface area contributed by atoms with E-state index in [4.69, 9.17) is 4.42 Å². The summed E-state index contributed by atoms with van der Waals surface area (Å²) in [5.41, 5.74) is 0.887. The van der Waals surface area contributed by atoms with E-state index in [0.29, 0.717) is 11.3 Å². The number of rotatable bonds is 7. The molecule has 9 heteroatoms. The van der Waals surface area contributed by atoms with Crippen molar-refractivity contribution in [3.8, 4) is 0 Å². The Bertz CT molecular complexity index is 940. The van der Waals surface area contributed by atoms with Crippen LogP contribution in [0.2, 0.25) is 0 Å². The van der Waals surface area contributed by atoms with E-state index in [1.54, 1.807) is 42.9 Å². The van der Waals surface area contributed by atoms with E-state index in [9.17, 15) is 9.59 Å². The normalized spacial score (nSPS) is 15.5. The number of aromatic nitrogens is 3. The minimum atomic E-state index is -0.839. The lowest BCUT2D eigenvalue weighted by Gasteiger charge is -2.32. The molecule has 0 aromatic carbocycles. The topological polar surface area (TPSA) is 101 Å². The molecule has 0 aliphatic heterocycles. The van der Waals surface area contributed by atoms with Crippen molar-refractivity contribution >= 4 is 23.5 Å². The van der Waals surface area contributed by atoms with Crippen LogP contribution in [0.3, 0.4) is 0 Å². The number of nitrogens with zero attached hydrogens (tertiary/aromatic N) is 4. The number of hydrogen-bond acceptors (Lipinski definition) is 7. The Balaban J connectivity index is 1.68. The average molecular weight is 426 g/mol. The smallest absolute Gasteiger partial charge is 0.276 e. The van der Waals surface area contributed by atoms with Crippen LogP contribution in [0.1, 0.15) is 60.0 Å². The molecule has 1 N–H and O–H groups in total. The van der Waals surface area contributed by atoms with Crippen LogP contribution in [0.5, 0.6) is 0 Å². The first-order chi connectivity index (χ1) is 14.7. The highest BCUT2D eigenvalue weighted by Gasteiger charge is 2.34. The average Bonchev–Trinajstić information content (AvgIpc) is 3.49. The van der Waals surface area contributed by atoms with Crippen LogP contribution in [0.4, 0.5) is 0 Å². The van der Waals surface area contributed by atoms with Gasteiger partial charge in [0.05, 0.1) is 30.7 Å². The SMILES string of the molecule is O=C(NC1CCCCC1)C(c1ccncc1)N(Cc1ccco1)C(=O)c1cnsn1. The maximum atomic E-state index is 13.5. The lowest BCUT2D eigenvalue weighted by Crippen LogP contribution is -2.46. The molecule has 1 atom stereocenters. The van der Waals surface area contributed by atoms with Gasteiger partial charge in [0.2, 0.25) is 5.91 Å². The third-order valence-corrected chi connectivity index (χ3v) is 5.76. The molecule has 0 spiro atoms. The van der Waals surface area contributed by atoms with Crippen LogP contribution in [0.25, 0.3) is 0 Å². The van der Waals surface area contributed by atoms with Crippen LogP contribution < -0.4 is 5.32 Å². The lowest BCUT2D eigenvalue weighted by molar-refractivity contribution is -0.127. The molecule has 1 aliphatic carbocycles. The van der Waals surface area contributed by atoms with E-state index in [0.717, 1.165) is 37.4 Å². The molecule has 0 radical (unpaired) electrons. The van der Waals surface area contributed by atoms with Crippen molar-refractivity contribution in [1.29, 1.82) is 0 Å². The number of hydrogen-bond donors (Lipinski definition) is 1. The summed E-state index contributed by atoms with van der Waals surface area (Å²) in [5.74, 6) is -0.00647. The number of nitrogens with one attached hydrogen (secondary N) is 1. The van der Waals surface area contributed by atoms with Gasteiger partial charge in [0.1, 0.15) is 11.8 Å². The van der Waals surface area contributed by atoms with E-state index >= 15 is 0 Å². The van der Waals surface area contributed by atoms with Crippen molar-refractivity contribution < 1.29 is 14.0 Å². The number of pyridine rings is 1. The van der Waals surface area contributed by atoms with Crippen molar-refractivity contribution in [2.24, 2.45) is 0 Å². The maximum Gasteiger partial charge on any atom is 0.276 e. The van der Waals surface area contributed by atoms with Crippen LogP contribution in [0, 0.1) is 0 Å². The van der Waals surface area contributed by atoms with Gasteiger partial charge < -0.3 is 14.6 Å². The standard InChI is InChI=1S/C21H23N5O3S/c27-20(24-16-5-2-1-3-6-16)19(15-8-10-22-11-9-15)26(14-17-7-4-12-29-17)21(28)18-13-23-30-25-18/h4,7-13,16,19H,1-3,5-6,14H2,(H,24,27). The fourth-order valence-electron chi connectivity index (χ4n) is 3.80. The zero-order valence-electron chi connectivity index (χ0n) is 16.4. The van der Waals surface area contributed by atoms with Gasteiger partial charge in [0.25, 0.3) is 5.91 Å². The van der Waals surface area contributed by atoms with E-state index in [2.05, 4.69) is 19.0 Å². The van der Waals surface area contributed by atoms with Crippen molar-refractivity contribution in [3.05, 3.63) is 66.1 Å². The molecule has 2 amide bonds. The molecule has 8 nitrogen and oxygen atoms in total. The predicted octanol–water partition coefficient (Wildman–Crippen LogP) is 3.36. The number of furan rings is 1. The first kappa shape index (κ1) is 20.2. The predicted molar refractivity (Wildman–Crippen MR) is 110 cm³/mol. The summed E-state index contributed by atoms with van der Waals surface area (Å²) >= 11 is 0.956. The molecule has 3 heterocycles. The molecular weight excluding hydrogens is 402 g/mol. The van der Waals surface area contributed by atoms with Crippen LogP contribution in [-0.2, 0) is 11.3 Å². The van der Waals surface area contributed by atoms with E-state index in [1.807, 2.05) is 0 Å². The summed E-state index contributed by atoms with van der Waals surface area (Å²) < 4.78 is 13.5. The zero-order valence-corrected chi connectivity index (χ0v) is 17.3. The van der Waals surface area contributed by atoms with Crippen LogP contribution >= 0.6 is 11.7 Å². The highest BCUT2D eigenvalue weighted by atomic mass is 32.1. The molecule has 1 fully saturated rings. The Kier molecular flexibility index (Phi) is 6.48. The quantitative estimate of drug-likeness (QED) is 0.623. The monoisotopic (exact) mass is 425 g/mol. The zero-order chi connectivity index (χ0) is 20.8. The molecule has 1 aliphatic rings. The lowest BCUT2D eigenvalue weighted by atomic mass is 9.94. The molecule has 3 aromatic heterocycles. The Morgan fingerprint density at radius 1 is 1.20 bits per heavy atom. The summed E-state index contributed by atoms with van der Waals surface area (Å²) in [7, 11) is 0. The summed E-state index contributed by atoms with van der Waals surface area (Å²) in [6, 6.07) is 6.33. The maximum absolute atomic E-state index is 13.5. The second-order valence-electron chi connectivity index (χ2n) is 7.33. The van der Waals surface area contributed by atoms with Crippen molar-refractivity contribution in [2.75, 3.05) is 0 Å². The molecule has 1 saturated carbocycles. The summed E-state index contributed by atoms with van der Waals surface area (Å²) in [5, 5.41) is 3.16. The molecule has 0 saturated heterocycles. The molecule has 0 bridgehead atoms. The summed E-state index contributed by atoms with van der Waals surface area (Å²) in [6.45, 7) is 0.133. The summed E-state index contributed by atoms with van der Waals surface area (Å²) in [4.78, 5) is 32.4. The van der Waals surface area contributed by atoms with Gasteiger partial charge in [-0.1, -0.05) is 19.3 Å². The van der Waals surface area contributed by atoms with Crippen molar-refractivity contribution in [2.45, 2.75) is 50.7 Å². The van der Waals surface area contributed by atoms with Gasteiger partial charge in [-0.25, -0.2) is 0 Å². The largest absolute Gasteiger partial charge is 0.467 e. The molecule has 4 rings (SSSR count). The first-order valence-corrected chi connectivity index (χ1v) is 10.8. The Hall–Kier alpha value is -3.07. The highest BCUT2D eigenvalue weighted by molar-refractivity contribution is 6.99. The first-order valence-electron chi connectivity index (χ1n) is 10.0. The van der Waals surface area contributed by atoms with Gasteiger partial charge in [0, 0.05) is 18.4 Å². The minimum Gasteiger partial charge on any atom is -0.467 e. The van der Waals surface area contributed by atoms with Gasteiger partial charge in [-0.3, -0.25) is 14.6 Å². The van der Waals surface area contributed by atoms with Crippen molar-refractivity contribution in [3.63, 3.8) is 0 Å². The second kappa shape index (κ2) is 9.62. The number of amides is 2. The van der Waals surface area contributed by atoms with E-state index in [1.165, 1.54) is 17.5 Å². The summed E-state index contributed by atoms with van der Waals surface area (Å²) in [6.07, 6.45) is 11.5. The van der Waals surface area contributed by atoms with Gasteiger partial charge in [0.15, 0.2) is 5.69 Å². The number of carbonyl (C=O) groups is 2. The van der Waals surface area contributed by atoms with Crippen molar-refractivity contribution in [1.82, 2.24) is 23.9 Å². The third-order valence-electron chi connectivity index (χ3n) is 5.28. The van der Waals surface area contributed by atoms with Gasteiger partial charge in [-0.2, -0.15) is 8.75 Å². The van der Waals surface area contributed by atoms with Crippen LogP contribution in [-0.4, -0.2) is 36.5 Å². The second-order valence-corrected chi connectivity index (χ2v) is 7.89. The molecule has 3 aromatic rings. The highest BCUT2D eigenvalue weighted by Crippen LogP contribution is 2.27. The minimum absolute atomic E-state index is 0.122. The van der Waals surface area contributed by atoms with E-state index < -0.39 is 6.04 Å². The van der Waals surface area contributed by atoms with Gasteiger partial charge >= 0.3 is 0 Å². The molecule has 1 unspecified atom stereocenters. The van der Waals surface area contributed by atoms with E-state index in [-0.39, 0.29) is 30.1 Å². The Morgan fingerprint density at radius 3 is 2.67 bits per heavy atom. The van der Waals surface area contributed by atoms with Crippen LogP contribution in [0.15, 0.2) is 53.5 Å². The fourth-order valence-corrected chi connectivity index (χ4v) is 4.21. The Morgan fingerprint density at radius 2 is 2.00 bits per heavy atom. The Labute approximate surface area is 178 Å². The molecular formula is C21H23N5O3S. The molecule has 156 valence electrons. The van der Waals surface area contributed by atoms with Gasteiger partial charge in [-0.05, 0) is 42.7 Å². The number of carbonyl (C=O) groups excluding carboxylic acids is 2. The van der Waals surface area contributed by atoms with Gasteiger partial charge in [-0.15, -0.1) is 0 Å². The fraction of sp³-hybridized carbons (Fsp3) is 0.381. The third kappa shape index (κ3) is 4.73.